The Labute approximate surface area is 182 Å². The molecule has 1 aromatic heterocycles. The number of carbonyl (C=O) groups excluding carboxylic acids is 1. The van der Waals surface area contributed by atoms with Gasteiger partial charge in [-0.15, -0.1) is 0 Å². The standard InChI is InChI=1S/C24H17N3O3S/c1-30-23(29)18-6-4-5-17(13-18)15-31-24-26-21-8-3-2-7-20(21)22(28)27(24)19-11-9-16(14-25)10-12-19/h2-13H,15H2,1H3. The molecule has 0 unspecified atom stereocenters. The van der Waals surface area contributed by atoms with Gasteiger partial charge in [-0.05, 0) is 54.1 Å². The number of para-hydroxylation sites is 1. The number of methoxy groups -OCH3 is 1. The molecular weight excluding hydrogens is 410 g/mol. The highest BCUT2D eigenvalue weighted by Gasteiger charge is 2.14. The SMILES string of the molecule is COC(=O)c1cccc(CSc2nc3ccccc3c(=O)n2-c2ccc(C#N)cc2)c1. The van der Waals surface area contributed by atoms with Crippen LogP contribution in [0.1, 0.15) is 21.5 Å². The molecule has 3 aromatic carbocycles. The molecule has 0 aliphatic rings. The van der Waals surface area contributed by atoms with Crippen LogP contribution in [0.25, 0.3) is 16.6 Å². The Kier molecular flexibility index (Phi) is 5.83. The molecule has 0 radical (unpaired) electrons. The van der Waals surface area contributed by atoms with Crippen molar-refractivity contribution in [3.63, 3.8) is 0 Å². The monoisotopic (exact) mass is 427 g/mol. The Bertz CT molecular complexity index is 1370. The second-order valence-corrected chi connectivity index (χ2v) is 7.63. The number of fused-ring (bicyclic) bond motifs is 1. The lowest BCUT2D eigenvalue weighted by molar-refractivity contribution is 0.0600. The Morgan fingerprint density at radius 1 is 1.10 bits per heavy atom. The van der Waals surface area contributed by atoms with E-state index in [1.807, 2.05) is 18.2 Å². The fourth-order valence-corrected chi connectivity index (χ4v) is 4.13. The number of nitrogens with zero attached hydrogens (tertiary/aromatic N) is 3. The molecule has 0 bridgehead atoms. The van der Waals surface area contributed by atoms with E-state index in [0.29, 0.717) is 38.6 Å². The average Bonchev–Trinajstić information content (AvgIpc) is 2.82. The number of rotatable bonds is 5. The van der Waals surface area contributed by atoms with E-state index in [1.165, 1.54) is 18.9 Å². The van der Waals surface area contributed by atoms with Gasteiger partial charge < -0.3 is 4.74 Å². The molecule has 0 amide bonds. The van der Waals surface area contributed by atoms with Crippen LogP contribution < -0.4 is 5.56 Å². The molecule has 4 aromatic rings. The summed E-state index contributed by atoms with van der Waals surface area (Å²) in [6, 6.07) is 23.3. The smallest absolute Gasteiger partial charge is 0.337 e. The summed E-state index contributed by atoms with van der Waals surface area (Å²) < 4.78 is 6.34. The molecule has 0 atom stereocenters. The van der Waals surface area contributed by atoms with Crippen LogP contribution in [0.4, 0.5) is 0 Å². The molecule has 7 heteroatoms. The van der Waals surface area contributed by atoms with E-state index in [2.05, 4.69) is 6.07 Å². The van der Waals surface area contributed by atoms with Gasteiger partial charge in [-0.1, -0.05) is 36.0 Å². The van der Waals surface area contributed by atoms with Gasteiger partial charge in [-0.2, -0.15) is 5.26 Å². The van der Waals surface area contributed by atoms with E-state index in [4.69, 9.17) is 15.0 Å². The Balaban J connectivity index is 1.77. The molecule has 152 valence electrons. The zero-order valence-electron chi connectivity index (χ0n) is 16.6. The van der Waals surface area contributed by atoms with Crippen molar-refractivity contribution < 1.29 is 9.53 Å². The van der Waals surface area contributed by atoms with Crippen LogP contribution in [0.5, 0.6) is 0 Å². The number of thioether (sulfide) groups is 1. The van der Waals surface area contributed by atoms with Crippen LogP contribution in [-0.2, 0) is 10.5 Å². The van der Waals surface area contributed by atoms with Gasteiger partial charge in [0.2, 0.25) is 0 Å². The number of benzene rings is 3. The van der Waals surface area contributed by atoms with E-state index in [9.17, 15) is 9.59 Å². The topological polar surface area (TPSA) is 85.0 Å². The zero-order chi connectivity index (χ0) is 21.8. The minimum atomic E-state index is -0.398. The van der Waals surface area contributed by atoms with Crippen LogP contribution in [0.3, 0.4) is 0 Å². The van der Waals surface area contributed by atoms with Crippen molar-refractivity contribution in [2.24, 2.45) is 0 Å². The van der Waals surface area contributed by atoms with Gasteiger partial charge in [0, 0.05) is 5.75 Å². The molecule has 0 fully saturated rings. The van der Waals surface area contributed by atoms with E-state index >= 15 is 0 Å². The minimum Gasteiger partial charge on any atom is -0.465 e. The lowest BCUT2D eigenvalue weighted by Crippen LogP contribution is -2.21. The molecule has 0 saturated carbocycles. The Morgan fingerprint density at radius 2 is 1.87 bits per heavy atom. The zero-order valence-corrected chi connectivity index (χ0v) is 17.4. The third-order valence-electron chi connectivity index (χ3n) is 4.72. The highest BCUT2D eigenvalue weighted by atomic mass is 32.2. The maximum Gasteiger partial charge on any atom is 0.337 e. The largest absolute Gasteiger partial charge is 0.465 e. The normalized spacial score (nSPS) is 10.6. The third-order valence-corrected chi connectivity index (χ3v) is 5.73. The summed E-state index contributed by atoms with van der Waals surface area (Å²) >= 11 is 1.40. The minimum absolute atomic E-state index is 0.180. The second kappa shape index (κ2) is 8.86. The van der Waals surface area contributed by atoms with E-state index in [0.717, 1.165) is 5.56 Å². The summed E-state index contributed by atoms with van der Waals surface area (Å²) in [5.74, 6) is 0.108. The number of hydrogen-bond donors (Lipinski definition) is 0. The van der Waals surface area contributed by atoms with Crippen molar-refractivity contribution in [1.29, 1.82) is 5.26 Å². The first kappa shape index (κ1) is 20.4. The summed E-state index contributed by atoms with van der Waals surface area (Å²) in [7, 11) is 1.35. The predicted molar refractivity (Wildman–Crippen MR) is 119 cm³/mol. The van der Waals surface area contributed by atoms with Gasteiger partial charge in [-0.3, -0.25) is 9.36 Å². The molecular formula is C24H17N3O3S. The van der Waals surface area contributed by atoms with Gasteiger partial charge in [-0.25, -0.2) is 9.78 Å². The first-order chi connectivity index (χ1) is 15.1. The van der Waals surface area contributed by atoms with Gasteiger partial charge in [0.05, 0.1) is 40.9 Å². The lowest BCUT2D eigenvalue weighted by Gasteiger charge is -2.13. The number of carbonyl (C=O) groups is 1. The number of ether oxygens (including phenoxy) is 1. The highest BCUT2D eigenvalue weighted by Crippen LogP contribution is 2.25. The van der Waals surface area contributed by atoms with E-state index < -0.39 is 5.97 Å². The summed E-state index contributed by atoms with van der Waals surface area (Å²) in [4.78, 5) is 29.8. The van der Waals surface area contributed by atoms with Crippen molar-refractivity contribution in [3.8, 4) is 11.8 Å². The number of aromatic nitrogens is 2. The van der Waals surface area contributed by atoms with Crippen molar-refractivity contribution in [1.82, 2.24) is 9.55 Å². The lowest BCUT2D eigenvalue weighted by atomic mass is 10.1. The molecule has 0 aliphatic heterocycles. The van der Waals surface area contributed by atoms with Gasteiger partial charge in [0.15, 0.2) is 5.16 Å². The maximum absolute atomic E-state index is 13.3. The van der Waals surface area contributed by atoms with Crippen molar-refractivity contribution in [2.45, 2.75) is 10.9 Å². The summed E-state index contributed by atoms with van der Waals surface area (Å²) in [5.41, 5.74) is 2.95. The first-order valence-corrected chi connectivity index (χ1v) is 10.4. The van der Waals surface area contributed by atoms with Crippen LogP contribution in [0.2, 0.25) is 0 Å². The van der Waals surface area contributed by atoms with E-state index in [-0.39, 0.29) is 5.56 Å². The maximum atomic E-state index is 13.3. The van der Waals surface area contributed by atoms with E-state index in [1.54, 1.807) is 59.2 Å². The van der Waals surface area contributed by atoms with Crippen molar-refractivity contribution >= 4 is 28.6 Å². The molecule has 0 N–H and O–H groups in total. The molecule has 31 heavy (non-hydrogen) atoms. The summed E-state index contributed by atoms with van der Waals surface area (Å²) in [6.45, 7) is 0. The fourth-order valence-electron chi connectivity index (χ4n) is 3.18. The van der Waals surface area contributed by atoms with Gasteiger partial charge in [0.1, 0.15) is 0 Å². The Morgan fingerprint density at radius 3 is 2.61 bits per heavy atom. The molecule has 0 spiro atoms. The quantitative estimate of drug-likeness (QED) is 0.268. The fraction of sp³-hybridized carbons (Fsp3) is 0.0833. The predicted octanol–water partition coefficient (Wildman–Crippen LogP) is 4.34. The first-order valence-electron chi connectivity index (χ1n) is 9.43. The molecule has 0 aliphatic carbocycles. The summed E-state index contributed by atoms with van der Waals surface area (Å²) in [5, 5.41) is 10.1. The molecule has 6 nitrogen and oxygen atoms in total. The molecule has 0 saturated heterocycles. The van der Waals surface area contributed by atoms with Crippen molar-refractivity contribution in [2.75, 3.05) is 7.11 Å². The van der Waals surface area contributed by atoms with Crippen molar-refractivity contribution in [3.05, 3.63) is 99.8 Å². The van der Waals surface area contributed by atoms with Gasteiger partial charge in [0.25, 0.3) is 5.56 Å². The third kappa shape index (κ3) is 4.20. The number of hydrogen-bond acceptors (Lipinski definition) is 6. The van der Waals surface area contributed by atoms with Crippen LogP contribution in [-0.4, -0.2) is 22.6 Å². The second-order valence-electron chi connectivity index (χ2n) is 6.69. The van der Waals surface area contributed by atoms with Crippen LogP contribution in [0.15, 0.2) is 82.7 Å². The van der Waals surface area contributed by atoms with Gasteiger partial charge >= 0.3 is 5.97 Å². The number of nitriles is 1. The highest BCUT2D eigenvalue weighted by molar-refractivity contribution is 7.98. The Hall–Kier alpha value is -3.89. The number of esters is 1. The average molecular weight is 427 g/mol. The van der Waals surface area contributed by atoms with Crippen LogP contribution in [0, 0.1) is 11.3 Å². The molecule has 4 rings (SSSR count). The molecule has 1 heterocycles. The summed E-state index contributed by atoms with van der Waals surface area (Å²) in [6.07, 6.45) is 0. The van der Waals surface area contributed by atoms with Crippen LogP contribution >= 0.6 is 11.8 Å².